The van der Waals surface area contributed by atoms with Crippen LogP contribution < -0.4 is 0 Å². The fraction of sp³-hybridized carbons (Fsp3) is 0.833. The molecule has 0 aliphatic heterocycles. The van der Waals surface area contributed by atoms with Crippen LogP contribution >= 0.6 is 0 Å². The summed E-state index contributed by atoms with van der Waals surface area (Å²) < 4.78 is 0. The Balaban J connectivity index is 4.00. The van der Waals surface area contributed by atoms with Gasteiger partial charge in [0.1, 0.15) is 18.3 Å². The normalized spacial score (nSPS) is 21.9. The SMILES string of the molecule is C[C@@H](O)[C@H](O)[C@@H](O)[C@@H](O)C=O. The summed E-state index contributed by atoms with van der Waals surface area (Å²) in [5.74, 6) is 0. The molecule has 0 spiro atoms. The Morgan fingerprint density at radius 2 is 1.55 bits per heavy atom. The van der Waals surface area contributed by atoms with E-state index < -0.39 is 24.4 Å². The molecular weight excluding hydrogens is 152 g/mol. The lowest BCUT2D eigenvalue weighted by Gasteiger charge is -2.21. The number of hydrogen-bond donors (Lipinski definition) is 4. The molecule has 4 atom stereocenters. The van der Waals surface area contributed by atoms with Crippen LogP contribution in [-0.2, 0) is 4.79 Å². The zero-order chi connectivity index (χ0) is 9.02. The number of aldehydes is 1. The van der Waals surface area contributed by atoms with Crippen LogP contribution in [0.3, 0.4) is 0 Å². The molecule has 0 aromatic rings. The third-order valence-corrected chi connectivity index (χ3v) is 1.33. The number of carbonyl (C=O) groups is 1. The van der Waals surface area contributed by atoms with E-state index in [0.717, 1.165) is 0 Å². The summed E-state index contributed by atoms with van der Waals surface area (Å²) in [5, 5.41) is 35.1. The van der Waals surface area contributed by atoms with E-state index >= 15 is 0 Å². The zero-order valence-corrected chi connectivity index (χ0v) is 6.08. The van der Waals surface area contributed by atoms with Crippen molar-refractivity contribution < 1.29 is 25.2 Å². The first-order valence-corrected chi connectivity index (χ1v) is 3.18. The van der Waals surface area contributed by atoms with E-state index in [-0.39, 0.29) is 6.29 Å². The maximum absolute atomic E-state index is 9.87. The lowest BCUT2D eigenvalue weighted by molar-refractivity contribution is -0.132. The van der Waals surface area contributed by atoms with Gasteiger partial charge in [0.05, 0.1) is 6.10 Å². The predicted octanol–water partition coefficient (Wildman–Crippen LogP) is -2.35. The molecule has 5 heteroatoms. The van der Waals surface area contributed by atoms with Crippen molar-refractivity contribution in [1.29, 1.82) is 0 Å². The monoisotopic (exact) mass is 164 g/mol. The Morgan fingerprint density at radius 3 is 1.82 bits per heavy atom. The summed E-state index contributed by atoms with van der Waals surface area (Å²) in [6.07, 6.45) is -5.88. The van der Waals surface area contributed by atoms with E-state index in [1.54, 1.807) is 0 Å². The minimum Gasteiger partial charge on any atom is -0.391 e. The van der Waals surface area contributed by atoms with Crippen molar-refractivity contribution >= 4 is 6.29 Å². The van der Waals surface area contributed by atoms with Crippen molar-refractivity contribution in [2.45, 2.75) is 31.3 Å². The Labute approximate surface area is 63.9 Å². The quantitative estimate of drug-likeness (QED) is 0.349. The van der Waals surface area contributed by atoms with Crippen LogP contribution in [0.15, 0.2) is 0 Å². The molecule has 0 saturated carbocycles. The molecule has 0 fully saturated rings. The molecule has 5 nitrogen and oxygen atoms in total. The van der Waals surface area contributed by atoms with E-state index in [0.29, 0.717) is 0 Å². The van der Waals surface area contributed by atoms with Gasteiger partial charge in [0.15, 0.2) is 6.29 Å². The van der Waals surface area contributed by atoms with Crippen molar-refractivity contribution in [2.75, 3.05) is 0 Å². The average Bonchev–Trinajstić information content (AvgIpc) is 2.00. The third kappa shape index (κ3) is 2.94. The van der Waals surface area contributed by atoms with Crippen molar-refractivity contribution in [3.8, 4) is 0 Å². The molecule has 0 aromatic heterocycles. The second-order valence-corrected chi connectivity index (χ2v) is 2.35. The predicted molar refractivity (Wildman–Crippen MR) is 35.8 cm³/mol. The highest BCUT2D eigenvalue weighted by Crippen LogP contribution is 2.02. The van der Waals surface area contributed by atoms with Gasteiger partial charge in [-0.05, 0) is 6.92 Å². The number of hydrogen-bond acceptors (Lipinski definition) is 5. The molecule has 0 aliphatic carbocycles. The smallest absolute Gasteiger partial charge is 0.151 e. The Hall–Kier alpha value is -0.490. The topological polar surface area (TPSA) is 98.0 Å². The van der Waals surface area contributed by atoms with Crippen LogP contribution in [-0.4, -0.2) is 51.1 Å². The highest BCUT2D eigenvalue weighted by atomic mass is 16.4. The van der Waals surface area contributed by atoms with Gasteiger partial charge >= 0.3 is 0 Å². The van der Waals surface area contributed by atoms with Crippen LogP contribution in [0.25, 0.3) is 0 Å². The van der Waals surface area contributed by atoms with Gasteiger partial charge in [0, 0.05) is 0 Å². The van der Waals surface area contributed by atoms with Gasteiger partial charge in [0.25, 0.3) is 0 Å². The van der Waals surface area contributed by atoms with Gasteiger partial charge in [-0.15, -0.1) is 0 Å². The van der Waals surface area contributed by atoms with Crippen molar-refractivity contribution in [1.82, 2.24) is 0 Å². The fourth-order valence-corrected chi connectivity index (χ4v) is 0.568. The van der Waals surface area contributed by atoms with Gasteiger partial charge < -0.3 is 25.2 Å². The molecule has 0 unspecified atom stereocenters. The third-order valence-electron chi connectivity index (χ3n) is 1.33. The maximum atomic E-state index is 9.87. The first-order chi connectivity index (χ1) is 5.00. The van der Waals surface area contributed by atoms with Crippen LogP contribution in [0.2, 0.25) is 0 Å². The van der Waals surface area contributed by atoms with Gasteiger partial charge in [-0.25, -0.2) is 0 Å². The standard InChI is InChI=1S/C6H12O5/c1-3(8)5(10)6(11)4(9)2-7/h2-6,8-11H,1H3/t3-,4+,5+,6+/m1/s1. The van der Waals surface area contributed by atoms with Crippen molar-refractivity contribution in [3.05, 3.63) is 0 Å². The molecule has 0 aliphatic rings. The minimum absolute atomic E-state index is 0.0935. The number of aliphatic hydroxyl groups is 4. The van der Waals surface area contributed by atoms with Crippen LogP contribution in [0, 0.1) is 0 Å². The molecule has 4 N–H and O–H groups in total. The number of rotatable bonds is 4. The molecule has 0 aromatic carbocycles. The maximum Gasteiger partial charge on any atom is 0.151 e. The molecule has 0 saturated heterocycles. The van der Waals surface area contributed by atoms with Crippen molar-refractivity contribution in [2.24, 2.45) is 0 Å². The van der Waals surface area contributed by atoms with Gasteiger partial charge in [-0.1, -0.05) is 0 Å². The average molecular weight is 164 g/mol. The Kier molecular flexibility index (Phi) is 4.20. The molecule has 66 valence electrons. The minimum atomic E-state index is -1.65. The Bertz CT molecular complexity index is 124. The largest absolute Gasteiger partial charge is 0.391 e. The van der Waals surface area contributed by atoms with Crippen LogP contribution in [0.1, 0.15) is 6.92 Å². The molecule has 0 radical (unpaired) electrons. The lowest BCUT2D eigenvalue weighted by Crippen LogP contribution is -2.43. The molecule has 0 heterocycles. The Morgan fingerprint density at radius 1 is 1.09 bits per heavy atom. The molecule has 0 rings (SSSR count). The van der Waals surface area contributed by atoms with E-state index in [2.05, 4.69) is 0 Å². The molecule has 0 amide bonds. The summed E-state index contributed by atoms with van der Waals surface area (Å²) in [7, 11) is 0. The highest BCUT2D eigenvalue weighted by molar-refractivity contribution is 5.56. The van der Waals surface area contributed by atoms with E-state index in [9.17, 15) is 4.79 Å². The summed E-state index contributed by atoms with van der Waals surface area (Å²) in [6, 6.07) is 0. The van der Waals surface area contributed by atoms with E-state index in [4.69, 9.17) is 20.4 Å². The van der Waals surface area contributed by atoms with Gasteiger partial charge in [0.2, 0.25) is 0 Å². The molecule has 11 heavy (non-hydrogen) atoms. The number of carbonyl (C=O) groups excluding carboxylic acids is 1. The summed E-state index contributed by atoms with van der Waals surface area (Å²) in [4.78, 5) is 9.87. The van der Waals surface area contributed by atoms with E-state index in [1.165, 1.54) is 6.92 Å². The second kappa shape index (κ2) is 4.40. The van der Waals surface area contributed by atoms with Gasteiger partial charge in [-0.2, -0.15) is 0 Å². The highest BCUT2D eigenvalue weighted by Gasteiger charge is 2.27. The van der Waals surface area contributed by atoms with Crippen molar-refractivity contribution in [3.63, 3.8) is 0 Å². The van der Waals surface area contributed by atoms with E-state index in [1.807, 2.05) is 0 Å². The lowest BCUT2D eigenvalue weighted by atomic mass is 10.1. The van der Waals surface area contributed by atoms with Crippen LogP contribution in [0.4, 0.5) is 0 Å². The van der Waals surface area contributed by atoms with Gasteiger partial charge in [-0.3, -0.25) is 0 Å². The van der Waals surface area contributed by atoms with Crippen LogP contribution in [0.5, 0.6) is 0 Å². The fourth-order valence-electron chi connectivity index (χ4n) is 0.568. The first kappa shape index (κ1) is 10.5. The molecule has 0 bridgehead atoms. The summed E-state index contributed by atoms with van der Waals surface area (Å²) in [5.41, 5.74) is 0. The summed E-state index contributed by atoms with van der Waals surface area (Å²) in [6.45, 7) is 1.24. The number of aliphatic hydroxyl groups excluding tert-OH is 4. The zero-order valence-electron chi connectivity index (χ0n) is 6.08. The second-order valence-electron chi connectivity index (χ2n) is 2.35. The first-order valence-electron chi connectivity index (χ1n) is 3.18. The molecular formula is C6H12O5. The summed E-state index contributed by atoms with van der Waals surface area (Å²) >= 11 is 0.